The lowest BCUT2D eigenvalue weighted by molar-refractivity contribution is 0.204. The number of nitrogens with zero attached hydrogens (tertiary/aromatic N) is 1. The minimum atomic E-state index is -3.59. The lowest BCUT2D eigenvalue weighted by Gasteiger charge is -2.36. The monoisotopic (exact) mass is 300 g/mol. The minimum Gasteiger partial charge on any atom is -0.330 e. The Morgan fingerprint density at radius 2 is 1.85 bits per heavy atom. The van der Waals surface area contributed by atoms with Crippen molar-refractivity contribution in [3.63, 3.8) is 0 Å². The van der Waals surface area contributed by atoms with Gasteiger partial charge in [0, 0.05) is 13.1 Å². The molecule has 1 fully saturated rings. The molecule has 112 valence electrons. The summed E-state index contributed by atoms with van der Waals surface area (Å²) in [6.45, 7) is 0.494. The summed E-state index contributed by atoms with van der Waals surface area (Å²) in [6.07, 6.45) is 3.91. The van der Waals surface area contributed by atoms with Crippen LogP contribution in [0, 0.1) is 11.7 Å². The van der Waals surface area contributed by atoms with E-state index < -0.39 is 15.8 Å². The fourth-order valence-electron chi connectivity index (χ4n) is 2.89. The van der Waals surface area contributed by atoms with Gasteiger partial charge in [-0.2, -0.15) is 4.31 Å². The maximum Gasteiger partial charge on any atom is 0.243 e. The van der Waals surface area contributed by atoms with Crippen LogP contribution in [0.25, 0.3) is 0 Å². The van der Waals surface area contributed by atoms with Crippen molar-refractivity contribution in [1.82, 2.24) is 4.31 Å². The Morgan fingerprint density at radius 1 is 1.25 bits per heavy atom. The Hall–Kier alpha value is -0.980. The zero-order valence-corrected chi connectivity index (χ0v) is 12.4. The first-order valence-corrected chi connectivity index (χ1v) is 8.34. The van der Waals surface area contributed by atoms with E-state index in [1.54, 1.807) is 7.05 Å². The number of nitrogens with two attached hydrogens (primary N) is 1. The maximum atomic E-state index is 12.9. The van der Waals surface area contributed by atoms with Crippen LogP contribution in [-0.2, 0) is 10.0 Å². The van der Waals surface area contributed by atoms with Crippen LogP contribution in [0.15, 0.2) is 29.2 Å². The summed E-state index contributed by atoms with van der Waals surface area (Å²) >= 11 is 0. The van der Waals surface area contributed by atoms with Crippen molar-refractivity contribution in [2.75, 3.05) is 13.6 Å². The maximum absolute atomic E-state index is 12.9. The molecule has 2 atom stereocenters. The summed E-state index contributed by atoms with van der Waals surface area (Å²) in [6, 6.07) is 4.89. The Balaban J connectivity index is 2.26. The third kappa shape index (κ3) is 3.02. The Labute approximate surface area is 119 Å². The highest BCUT2D eigenvalue weighted by molar-refractivity contribution is 7.89. The van der Waals surface area contributed by atoms with Gasteiger partial charge in [-0.05, 0) is 49.6 Å². The number of benzene rings is 1. The quantitative estimate of drug-likeness (QED) is 0.924. The van der Waals surface area contributed by atoms with Crippen LogP contribution in [0.1, 0.15) is 25.7 Å². The van der Waals surface area contributed by atoms with Gasteiger partial charge in [0.15, 0.2) is 0 Å². The van der Waals surface area contributed by atoms with Gasteiger partial charge in [0.2, 0.25) is 10.0 Å². The lowest BCUT2D eigenvalue weighted by Crippen LogP contribution is -2.45. The molecule has 0 bridgehead atoms. The van der Waals surface area contributed by atoms with E-state index in [0.29, 0.717) is 6.54 Å². The van der Waals surface area contributed by atoms with Gasteiger partial charge >= 0.3 is 0 Å². The average Bonchev–Trinajstić information content (AvgIpc) is 2.46. The zero-order valence-electron chi connectivity index (χ0n) is 11.6. The molecule has 0 heterocycles. The summed E-state index contributed by atoms with van der Waals surface area (Å²) in [5.41, 5.74) is 5.76. The fourth-order valence-corrected chi connectivity index (χ4v) is 4.34. The summed E-state index contributed by atoms with van der Waals surface area (Å²) in [5.74, 6) is -0.243. The van der Waals surface area contributed by atoms with E-state index in [1.807, 2.05) is 0 Å². The smallest absolute Gasteiger partial charge is 0.243 e. The molecule has 1 aromatic rings. The molecule has 0 amide bonds. The van der Waals surface area contributed by atoms with Crippen LogP contribution >= 0.6 is 0 Å². The first kappa shape index (κ1) is 15.4. The van der Waals surface area contributed by atoms with E-state index in [-0.39, 0.29) is 16.9 Å². The van der Waals surface area contributed by atoms with Gasteiger partial charge in [0.05, 0.1) is 4.90 Å². The third-order valence-electron chi connectivity index (χ3n) is 4.13. The molecular formula is C14H21FN2O2S. The Bertz CT molecular complexity index is 545. The van der Waals surface area contributed by atoms with Gasteiger partial charge in [-0.15, -0.1) is 0 Å². The third-order valence-corrected chi connectivity index (χ3v) is 6.03. The van der Waals surface area contributed by atoms with Crippen molar-refractivity contribution in [1.29, 1.82) is 0 Å². The summed E-state index contributed by atoms with van der Waals surface area (Å²) in [5, 5.41) is 0. The van der Waals surface area contributed by atoms with Crippen LogP contribution in [0.5, 0.6) is 0 Å². The number of hydrogen-bond acceptors (Lipinski definition) is 3. The van der Waals surface area contributed by atoms with Gasteiger partial charge in [-0.3, -0.25) is 0 Å². The van der Waals surface area contributed by atoms with Gasteiger partial charge in [-0.25, -0.2) is 12.8 Å². The molecule has 0 aliphatic heterocycles. The first-order valence-electron chi connectivity index (χ1n) is 6.90. The molecule has 1 aromatic carbocycles. The van der Waals surface area contributed by atoms with E-state index in [4.69, 9.17) is 5.73 Å². The normalized spacial score (nSPS) is 24.0. The SMILES string of the molecule is CN(C1CCCCC1CN)S(=O)(=O)c1ccc(F)cc1. The summed E-state index contributed by atoms with van der Waals surface area (Å²) < 4.78 is 39.5. The molecule has 0 aromatic heterocycles. The van der Waals surface area contributed by atoms with E-state index in [1.165, 1.54) is 28.6 Å². The second-order valence-corrected chi connectivity index (χ2v) is 7.32. The molecule has 20 heavy (non-hydrogen) atoms. The highest BCUT2D eigenvalue weighted by Gasteiger charge is 2.34. The van der Waals surface area contributed by atoms with Gasteiger partial charge in [0.25, 0.3) is 0 Å². The topological polar surface area (TPSA) is 63.4 Å². The van der Waals surface area contributed by atoms with E-state index in [9.17, 15) is 12.8 Å². The largest absolute Gasteiger partial charge is 0.330 e. The van der Waals surface area contributed by atoms with Crippen LogP contribution < -0.4 is 5.73 Å². The van der Waals surface area contributed by atoms with Gasteiger partial charge in [-0.1, -0.05) is 12.8 Å². The van der Waals surface area contributed by atoms with Crippen LogP contribution in [0.3, 0.4) is 0 Å². The molecule has 2 N–H and O–H groups in total. The molecule has 1 saturated carbocycles. The van der Waals surface area contributed by atoms with E-state index >= 15 is 0 Å². The second kappa shape index (κ2) is 6.20. The van der Waals surface area contributed by atoms with Crippen molar-refractivity contribution in [2.45, 2.75) is 36.6 Å². The standard InChI is InChI=1S/C14H21FN2O2S/c1-17(14-5-3-2-4-11(14)10-16)20(18,19)13-8-6-12(15)7-9-13/h6-9,11,14H,2-5,10,16H2,1H3. The highest BCUT2D eigenvalue weighted by atomic mass is 32.2. The van der Waals surface area contributed by atoms with Crippen molar-refractivity contribution in [2.24, 2.45) is 11.7 Å². The van der Waals surface area contributed by atoms with Crippen LogP contribution in [0.2, 0.25) is 0 Å². The molecule has 0 spiro atoms. The zero-order chi connectivity index (χ0) is 14.8. The van der Waals surface area contributed by atoms with E-state index in [2.05, 4.69) is 0 Å². The first-order chi connectivity index (χ1) is 9.46. The minimum absolute atomic E-state index is 0.0659. The van der Waals surface area contributed by atoms with Crippen LogP contribution in [-0.4, -0.2) is 32.4 Å². The summed E-state index contributed by atoms with van der Waals surface area (Å²) in [7, 11) is -1.99. The fraction of sp³-hybridized carbons (Fsp3) is 0.571. The molecule has 4 nitrogen and oxygen atoms in total. The molecule has 1 aliphatic carbocycles. The Morgan fingerprint density at radius 3 is 2.45 bits per heavy atom. The molecule has 0 radical (unpaired) electrons. The predicted molar refractivity (Wildman–Crippen MR) is 76.1 cm³/mol. The molecule has 0 saturated heterocycles. The molecule has 2 unspecified atom stereocenters. The number of hydrogen-bond donors (Lipinski definition) is 1. The van der Waals surface area contributed by atoms with Crippen molar-refractivity contribution < 1.29 is 12.8 Å². The molecule has 6 heteroatoms. The van der Waals surface area contributed by atoms with Crippen molar-refractivity contribution >= 4 is 10.0 Å². The Kier molecular flexibility index (Phi) is 4.78. The predicted octanol–water partition coefficient (Wildman–Crippen LogP) is 1.96. The number of sulfonamides is 1. The summed E-state index contributed by atoms with van der Waals surface area (Å²) in [4.78, 5) is 0.128. The van der Waals surface area contributed by atoms with Crippen molar-refractivity contribution in [3.05, 3.63) is 30.1 Å². The van der Waals surface area contributed by atoms with E-state index in [0.717, 1.165) is 25.7 Å². The second-order valence-electron chi connectivity index (χ2n) is 5.32. The van der Waals surface area contributed by atoms with Gasteiger partial charge in [0.1, 0.15) is 5.82 Å². The number of halogens is 1. The van der Waals surface area contributed by atoms with Crippen molar-refractivity contribution in [3.8, 4) is 0 Å². The van der Waals surface area contributed by atoms with Gasteiger partial charge < -0.3 is 5.73 Å². The van der Waals surface area contributed by atoms with Crippen LogP contribution in [0.4, 0.5) is 4.39 Å². The molecule has 2 rings (SSSR count). The lowest BCUT2D eigenvalue weighted by atomic mass is 9.85. The average molecular weight is 300 g/mol. The molecular weight excluding hydrogens is 279 g/mol. The number of rotatable bonds is 4. The highest BCUT2D eigenvalue weighted by Crippen LogP contribution is 2.30. The molecule has 1 aliphatic rings.